The highest BCUT2D eigenvalue weighted by Gasteiger charge is 2.20. The molecule has 2 aromatic heterocycles. The van der Waals surface area contributed by atoms with E-state index in [-0.39, 0.29) is 22.5 Å². The molecule has 2 aromatic carbocycles. The van der Waals surface area contributed by atoms with Gasteiger partial charge in [-0.1, -0.05) is 36.9 Å². The maximum Gasteiger partial charge on any atom is 0.337 e. The maximum absolute atomic E-state index is 13.4. The molecule has 0 saturated carbocycles. The summed E-state index contributed by atoms with van der Waals surface area (Å²) >= 11 is 2.59. The Balaban J connectivity index is 1.73. The zero-order valence-corrected chi connectivity index (χ0v) is 19.0. The number of thiazole rings is 1. The topological polar surface area (TPSA) is 86.0 Å². The summed E-state index contributed by atoms with van der Waals surface area (Å²) in [6, 6.07) is 11.4. The highest BCUT2D eigenvalue weighted by molar-refractivity contribution is 8.01. The molecule has 170 valence electrons. The second-order valence-corrected chi connectivity index (χ2v) is 9.47. The molecule has 0 aliphatic rings. The van der Waals surface area contributed by atoms with E-state index in [0.29, 0.717) is 10.0 Å². The number of rotatable bonds is 7. The molecule has 11 heteroatoms. The minimum absolute atomic E-state index is 0.127. The SMILES string of the molecule is CCSc1nc2c(s1)c(=O)n(-c1ccccc1)c(=O)n2CC(=O)NCc1cc(F)cc(F)c1. The summed E-state index contributed by atoms with van der Waals surface area (Å²) in [7, 11) is 0. The van der Waals surface area contributed by atoms with E-state index in [0.717, 1.165) is 44.4 Å². The zero-order chi connectivity index (χ0) is 23.5. The third-order valence-corrected chi connectivity index (χ3v) is 6.72. The molecule has 2 heterocycles. The van der Waals surface area contributed by atoms with Crippen molar-refractivity contribution < 1.29 is 13.6 Å². The van der Waals surface area contributed by atoms with Crippen molar-refractivity contribution in [3.63, 3.8) is 0 Å². The normalized spacial score (nSPS) is 11.1. The second kappa shape index (κ2) is 9.67. The number of carbonyl (C=O) groups is 1. The zero-order valence-electron chi connectivity index (χ0n) is 17.4. The van der Waals surface area contributed by atoms with Crippen LogP contribution in [-0.2, 0) is 17.9 Å². The van der Waals surface area contributed by atoms with Crippen molar-refractivity contribution in [2.75, 3.05) is 5.75 Å². The number of benzene rings is 2. The number of nitrogens with one attached hydrogen (secondary N) is 1. The average molecular weight is 489 g/mol. The van der Waals surface area contributed by atoms with Gasteiger partial charge in [0.15, 0.2) is 9.99 Å². The van der Waals surface area contributed by atoms with Crippen LogP contribution in [-0.4, -0.2) is 25.8 Å². The van der Waals surface area contributed by atoms with Gasteiger partial charge < -0.3 is 5.32 Å². The predicted molar refractivity (Wildman–Crippen MR) is 124 cm³/mol. The molecule has 4 aromatic rings. The van der Waals surface area contributed by atoms with Gasteiger partial charge in [0, 0.05) is 12.6 Å². The van der Waals surface area contributed by atoms with E-state index in [2.05, 4.69) is 10.3 Å². The highest BCUT2D eigenvalue weighted by Crippen LogP contribution is 2.27. The summed E-state index contributed by atoms with van der Waals surface area (Å²) in [4.78, 5) is 43.4. The van der Waals surface area contributed by atoms with E-state index in [1.54, 1.807) is 30.3 Å². The van der Waals surface area contributed by atoms with Gasteiger partial charge in [0.25, 0.3) is 5.56 Å². The number of amides is 1. The van der Waals surface area contributed by atoms with E-state index in [9.17, 15) is 23.2 Å². The van der Waals surface area contributed by atoms with Crippen molar-refractivity contribution in [3.05, 3.63) is 86.6 Å². The van der Waals surface area contributed by atoms with Gasteiger partial charge in [-0.15, -0.1) is 11.3 Å². The fourth-order valence-corrected chi connectivity index (χ4v) is 5.23. The molecule has 0 atom stereocenters. The van der Waals surface area contributed by atoms with E-state index in [4.69, 9.17) is 0 Å². The fraction of sp³-hybridized carbons (Fsp3) is 0.182. The molecule has 0 saturated heterocycles. The Morgan fingerprint density at radius 2 is 1.82 bits per heavy atom. The van der Waals surface area contributed by atoms with Crippen molar-refractivity contribution in [2.45, 2.75) is 24.4 Å². The lowest BCUT2D eigenvalue weighted by Gasteiger charge is -2.12. The number of thioether (sulfide) groups is 1. The number of nitrogens with zero attached hydrogens (tertiary/aromatic N) is 3. The smallest absolute Gasteiger partial charge is 0.337 e. The van der Waals surface area contributed by atoms with E-state index < -0.39 is 35.3 Å². The van der Waals surface area contributed by atoms with Crippen LogP contribution in [0.3, 0.4) is 0 Å². The van der Waals surface area contributed by atoms with Crippen molar-refractivity contribution in [2.24, 2.45) is 0 Å². The summed E-state index contributed by atoms with van der Waals surface area (Å²) in [5.74, 6) is -1.35. The Morgan fingerprint density at radius 1 is 1.12 bits per heavy atom. The first-order chi connectivity index (χ1) is 15.9. The summed E-state index contributed by atoms with van der Waals surface area (Å²) in [5, 5.41) is 2.55. The number of para-hydroxylation sites is 1. The summed E-state index contributed by atoms with van der Waals surface area (Å²) in [6.07, 6.45) is 0. The Hall–Kier alpha value is -3.31. The molecule has 0 fully saturated rings. The van der Waals surface area contributed by atoms with Crippen molar-refractivity contribution in [3.8, 4) is 5.69 Å². The van der Waals surface area contributed by atoms with Crippen molar-refractivity contribution >= 4 is 39.4 Å². The molecule has 33 heavy (non-hydrogen) atoms. The van der Waals surface area contributed by atoms with Gasteiger partial charge >= 0.3 is 5.69 Å². The monoisotopic (exact) mass is 488 g/mol. The largest absolute Gasteiger partial charge is 0.350 e. The quantitative estimate of drug-likeness (QED) is 0.404. The maximum atomic E-state index is 13.4. The molecular formula is C22H18F2N4O3S2. The van der Waals surface area contributed by atoms with Crippen LogP contribution in [0.5, 0.6) is 0 Å². The van der Waals surface area contributed by atoms with Crippen LogP contribution in [0.2, 0.25) is 0 Å². The molecule has 7 nitrogen and oxygen atoms in total. The highest BCUT2D eigenvalue weighted by atomic mass is 32.2. The van der Waals surface area contributed by atoms with Crippen LogP contribution >= 0.6 is 23.1 Å². The van der Waals surface area contributed by atoms with Crippen molar-refractivity contribution in [1.29, 1.82) is 0 Å². The lowest BCUT2D eigenvalue weighted by molar-refractivity contribution is -0.121. The number of carbonyl (C=O) groups excluding carboxylic acids is 1. The predicted octanol–water partition coefficient (Wildman–Crippen LogP) is 3.32. The first-order valence-electron chi connectivity index (χ1n) is 9.93. The Morgan fingerprint density at radius 3 is 2.48 bits per heavy atom. The minimum Gasteiger partial charge on any atom is -0.350 e. The van der Waals surface area contributed by atoms with Crippen LogP contribution in [0, 0.1) is 11.6 Å². The molecule has 0 aliphatic heterocycles. The first kappa shape index (κ1) is 22.9. The lowest BCUT2D eigenvalue weighted by Crippen LogP contribution is -2.41. The third-order valence-electron chi connectivity index (χ3n) is 4.66. The molecule has 0 aliphatic carbocycles. The summed E-state index contributed by atoms with van der Waals surface area (Å²) in [6.45, 7) is 1.40. The molecule has 1 N–H and O–H groups in total. The second-order valence-electron chi connectivity index (χ2n) is 6.96. The minimum atomic E-state index is -0.754. The van der Waals surface area contributed by atoms with Gasteiger partial charge in [-0.05, 0) is 35.6 Å². The van der Waals surface area contributed by atoms with Crippen LogP contribution in [0.25, 0.3) is 16.0 Å². The number of fused-ring (bicyclic) bond motifs is 1. The number of hydrogen-bond donors (Lipinski definition) is 1. The summed E-state index contributed by atoms with van der Waals surface area (Å²) < 4.78 is 29.8. The Bertz CT molecular complexity index is 1430. The lowest BCUT2D eigenvalue weighted by atomic mass is 10.2. The number of halogens is 2. The van der Waals surface area contributed by atoms with E-state index >= 15 is 0 Å². The number of aromatic nitrogens is 3. The van der Waals surface area contributed by atoms with Crippen LogP contribution in [0.4, 0.5) is 8.78 Å². The molecule has 1 amide bonds. The molecular weight excluding hydrogens is 470 g/mol. The molecule has 0 radical (unpaired) electrons. The first-order valence-corrected chi connectivity index (χ1v) is 11.7. The van der Waals surface area contributed by atoms with Gasteiger partial charge in [-0.2, -0.15) is 0 Å². The molecule has 0 bridgehead atoms. The Kier molecular flexibility index (Phi) is 6.70. The molecule has 0 spiro atoms. The molecule has 4 rings (SSSR count). The Labute approximate surface area is 194 Å². The van der Waals surface area contributed by atoms with Crippen molar-refractivity contribution in [1.82, 2.24) is 19.4 Å². The molecule has 0 unspecified atom stereocenters. The van der Waals surface area contributed by atoms with Crippen LogP contribution in [0.1, 0.15) is 12.5 Å². The van der Waals surface area contributed by atoms with Gasteiger partial charge in [0.1, 0.15) is 22.9 Å². The third kappa shape index (κ3) is 4.88. The summed E-state index contributed by atoms with van der Waals surface area (Å²) in [5.41, 5.74) is -0.470. The van der Waals surface area contributed by atoms with Gasteiger partial charge in [-0.3, -0.25) is 14.2 Å². The van der Waals surface area contributed by atoms with Crippen LogP contribution < -0.4 is 16.6 Å². The van der Waals surface area contributed by atoms with E-state index in [1.165, 1.54) is 11.8 Å². The average Bonchev–Trinajstić information content (AvgIpc) is 3.20. The van der Waals surface area contributed by atoms with Crippen LogP contribution in [0.15, 0.2) is 62.5 Å². The standard InChI is InChI=1S/C22H18F2N4O3S2/c1-2-32-21-26-19-18(33-21)20(30)28(16-6-4-3-5-7-16)22(31)27(19)12-17(29)25-11-13-8-14(23)10-15(24)9-13/h3-10H,2,11-12H2,1H3,(H,25,29). The fourth-order valence-electron chi connectivity index (χ4n) is 3.26. The number of hydrogen-bond acceptors (Lipinski definition) is 6. The van der Waals surface area contributed by atoms with E-state index in [1.807, 2.05) is 6.92 Å². The van der Waals surface area contributed by atoms with Gasteiger partial charge in [0.2, 0.25) is 5.91 Å². The van der Waals surface area contributed by atoms with Gasteiger partial charge in [0.05, 0.1) is 5.69 Å². The van der Waals surface area contributed by atoms with Gasteiger partial charge in [-0.25, -0.2) is 23.1 Å².